The molecule has 1 nitrogen and oxygen atoms in total. The highest BCUT2D eigenvalue weighted by molar-refractivity contribution is 5.88. The maximum atomic E-state index is 12.0. The van der Waals surface area contributed by atoms with Gasteiger partial charge in [-0.05, 0) is 39.5 Å². The van der Waals surface area contributed by atoms with E-state index < -0.39 is 0 Å². The molecular formula is C13H22O. The van der Waals surface area contributed by atoms with E-state index in [0.717, 1.165) is 12.8 Å². The molecule has 0 aromatic rings. The van der Waals surface area contributed by atoms with Gasteiger partial charge in [-0.1, -0.05) is 25.5 Å². The van der Waals surface area contributed by atoms with Crippen LogP contribution in [0, 0.1) is 11.3 Å². The summed E-state index contributed by atoms with van der Waals surface area (Å²) in [6.45, 7) is 8.14. The molecule has 0 N–H and O–H groups in total. The number of carbonyl (C=O) groups is 1. The summed E-state index contributed by atoms with van der Waals surface area (Å²) in [4.78, 5) is 12.0. The smallest absolute Gasteiger partial charge is 0.145 e. The normalized spacial score (nSPS) is 18.2. The van der Waals surface area contributed by atoms with Gasteiger partial charge in [-0.15, -0.1) is 0 Å². The van der Waals surface area contributed by atoms with E-state index in [2.05, 4.69) is 19.9 Å². The molecule has 0 bridgehead atoms. The molecule has 0 saturated heterocycles. The highest BCUT2D eigenvalue weighted by Gasteiger charge is 2.33. The highest BCUT2D eigenvalue weighted by atomic mass is 16.1. The fourth-order valence-electron chi connectivity index (χ4n) is 2.29. The molecular weight excluding hydrogens is 172 g/mol. The molecule has 0 aromatic heterocycles. The Morgan fingerprint density at radius 2 is 2.00 bits per heavy atom. The van der Waals surface area contributed by atoms with E-state index in [0.29, 0.717) is 5.78 Å². The van der Waals surface area contributed by atoms with Gasteiger partial charge >= 0.3 is 0 Å². The molecule has 0 atom stereocenters. The van der Waals surface area contributed by atoms with Crippen LogP contribution in [0.3, 0.4) is 0 Å². The Bertz CT molecular complexity index is 246. The standard InChI is InChI=1S/C13H22O/c1-10(2)12(14)13(3,4)11-8-6-5-7-9-11/h8,10H,5-7,9H2,1-4H3. The van der Waals surface area contributed by atoms with Crippen molar-refractivity contribution in [3.63, 3.8) is 0 Å². The number of ketones is 1. The summed E-state index contributed by atoms with van der Waals surface area (Å²) in [7, 11) is 0. The first-order valence-electron chi connectivity index (χ1n) is 5.70. The van der Waals surface area contributed by atoms with Crippen LogP contribution in [-0.2, 0) is 4.79 Å². The van der Waals surface area contributed by atoms with Crippen LogP contribution < -0.4 is 0 Å². The van der Waals surface area contributed by atoms with Gasteiger partial charge < -0.3 is 0 Å². The van der Waals surface area contributed by atoms with Crippen molar-refractivity contribution in [1.82, 2.24) is 0 Å². The number of Topliss-reactive ketones (excluding diaryl/α,β-unsaturated/α-hetero) is 1. The van der Waals surface area contributed by atoms with Crippen LogP contribution in [0.4, 0.5) is 0 Å². The van der Waals surface area contributed by atoms with E-state index in [1.165, 1.54) is 18.4 Å². The summed E-state index contributed by atoms with van der Waals surface area (Å²) in [5.41, 5.74) is 1.14. The van der Waals surface area contributed by atoms with Gasteiger partial charge in [0.1, 0.15) is 5.78 Å². The summed E-state index contributed by atoms with van der Waals surface area (Å²) in [5.74, 6) is 0.526. The lowest BCUT2D eigenvalue weighted by molar-refractivity contribution is -0.128. The lowest BCUT2D eigenvalue weighted by Gasteiger charge is -2.30. The minimum Gasteiger partial charge on any atom is -0.298 e. The van der Waals surface area contributed by atoms with Gasteiger partial charge in [-0.3, -0.25) is 4.79 Å². The van der Waals surface area contributed by atoms with Crippen molar-refractivity contribution in [1.29, 1.82) is 0 Å². The molecule has 0 saturated carbocycles. The van der Waals surface area contributed by atoms with Crippen molar-refractivity contribution in [2.75, 3.05) is 0 Å². The van der Waals surface area contributed by atoms with Crippen LogP contribution in [0.15, 0.2) is 11.6 Å². The fourth-order valence-corrected chi connectivity index (χ4v) is 2.29. The second-order valence-electron chi connectivity index (χ2n) is 5.12. The van der Waals surface area contributed by atoms with E-state index in [-0.39, 0.29) is 11.3 Å². The Kier molecular flexibility index (Phi) is 3.52. The molecule has 0 fully saturated rings. The minimum atomic E-state index is -0.228. The lowest BCUT2D eigenvalue weighted by atomic mass is 9.73. The molecule has 80 valence electrons. The summed E-state index contributed by atoms with van der Waals surface area (Å²) >= 11 is 0. The second-order valence-corrected chi connectivity index (χ2v) is 5.12. The van der Waals surface area contributed by atoms with Crippen molar-refractivity contribution < 1.29 is 4.79 Å². The summed E-state index contributed by atoms with van der Waals surface area (Å²) in [6.07, 6.45) is 7.09. The van der Waals surface area contributed by atoms with E-state index in [1.807, 2.05) is 13.8 Å². The van der Waals surface area contributed by atoms with Crippen molar-refractivity contribution in [2.24, 2.45) is 11.3 Å². The van der Waals surface area contributed by atoms with Crippen LogP contribution >= 0.6 is 0 Å². The number of hydrogen-bond donors (Lipinski definition) is 0. The van der Waals surface area contributed by atoms with Crippen molar-refractivity contribution >= 4 is 5.78 Å². The van der Waals surface area contributed by atoms with E-state index in [4.69, 9.17) is 0 Å². The van der Waals surface area contributed by atoms with Crippen LogP contribution in [0.5, 0.6) is 0 Å². The Morgan fingerprint density at radius 3 is 2.43 bits per heavy atom. The quantitative estimate of drug-likeness (QED) is 0.625. The molecule has 0 amide bonds. The monoisotopic (exact) mass is 194 g/mol. The molecule has 1 rings (SSSR count). The molecule has 0 unspecified atom stereocenters. The number of hydrogen-bond acceptors (Lipinski definition) is 1. The molecule has 14 heavy (non-hydrogen) atoms. The predicted octanol–water partition coefficient (Wildman–Crippen LogP) is 3.74. The predicted molar refractivity (Wildman–Crippen MR) is 60.2 cm³/mol. The number of rotatable bonds is 3. The molecule has 1 aliphatic carbocycles. The zero-order valence-corrected chi connectivity index (χ0v) is 9.89. The largest absolute Gasteiger partial charge is 0.298 e. The molecule has 0 aromatic carbocycles. The van der Waals surface area contributed by atoms with Gasteiger partial charge in [0, 0.05) is 11.3 Å². The zero-order chi connectivity index (χ0) is 10.8. The van der Waals surface area contributed by atoms with Gasteiger partial charge in [0.2, 0.25) is 0 Å². The maximum Gasteiger partial charge on any atom is 0.145 e. The molecule has 0 spiro atoms. The van der Waals surface area contributed by atoms with E-state index in [9.17, 15) is 4.79 Å². The minimum absolute atomic E-state index is 0.146. The first-order valence-corrected chi connectivity index (χ1v) is 5.70. The fraction of sp³-hybridized carbons (Fsp3) is 0.769. The third-order valence-electron chi connectivity index (χ3n) is 3.23. The van der Waals surface area contributed by atoms with Gasteiger partial charge in [0.05, 0.1) is 0 Å². The first-order chi connectivity index (χ1) is 6.46. The number of allylic oxidation sites excluding steroid dienone is 2. The molecule has 1 heteroatoms. The Labute approximate surface area is 87.6 Å². The Hall–Kier alpha value is -0.590. The van der Waals surface area contributed by atoms with Crippen LogP contribution in [0.2, 0.25) is 0 Å². The van der Waals surface area contributed by atoms with Gasteiger partial charge in [-0.25, -0.2) is 0 Å². The zero-order valence-electron chi connectivity index (χ0n) is 9.89. The Balaban J connectivity index is 2.82. The van der Waals surface area contributed by atoms with Crippen LogP contribution in [0.1, 0.15) is 53.4 Å². The van der Waals surface area contributed by atoms with Crippen LogP contribution in [-0.4, -0.2) is 5.78 Å². The average molecular weight is 194 g/mol. The highest BCUT2D eigenvalue weighted by Crippen LogP contribution is 2.36. The molecule has 0 aliphatic heterocycles. The molecule has 0 heterocycles. The van der Waals surface area contributed by atoms with Gasteiger partial charge in [-0.2, -0.15) is 0 Å². The third-order valence-corrected chi connectivity index (χ3v) is 3.23. The maximum absolute atomic E-state index is 12.0. The van der Waals surface area contributed by atoms with Gasteiger partial charge in [0.15, 0.2) is 0 Å². The van der Waals surface area contributed by atoms with Crippen LogP contribution in [0.25, 0.3) is 0 Å². The topological polar surface area (TPSA) is 17.1 Å². The van der Waals surface area contributed by atoms with E-state index in [1.54, 1.807) is 0 Å². The van der Waals surface area contributed by atoms with Gasteiger partial charge in [0.25, 0.3) is 0 Å². The van der Waals surface area contributed by atoms with E-state index >= 15 is 0 Å². The first kappa shape index (κ1) is 11.5. The molecule has 0 radical (unpaired) electrons. The Morgan fingerprint density at radius 1 is 1.36 bits per heavy atom. The van der Waals surface area contributed by atoms with Crippen molar-refractivity contribution in [3.8, 4) is 0 Å². The average Bonchev–Trinajstić information content (AvgIpc) is 2.18. The SMILES string of the molecule is CC(C)C(=O)C(C)(C)C1=CCCCC1. The summed E-state index contributed by atoms with van der Waals surface area (Å²) < 4.78 is 0. The molecule has 1 aliphatic rings. The number of carbonyl (C=O) groups excluding carboxylic acids is 1. The van der Waals surface area contributed by atoms with Crippen molar-refractivity contribution in [3.05, 3.63) is 11.6 Å². The third kappa shape index (κ3) is 2.26. The summed E-state index contributed by atoms with van der Waals surface area (Å²) in [5, 5.41) is 0. The second kappa shape index (κ2) is 4.29. The summed E-state index contributed by atoms with van der Waals surface area (Å²) in [6, 6.07) is 0. The van der Waals surface area contributed by atoms with Crippen molar-refractivity contribution in [2.45, 2.75) is 53.4 Å². The lowest BCUT2D eigenvalue weighted by Crippen LogP contribution is -2.31.